The molecule has 3 heteroatoms. The van der Waals surface area contributed by atoms with Gasteiger partial charge < -0.3 is 9.67 Å². The van der Waals surface area contributed by atoms with E-state index < -0.39 is 5.60 Å². The second-order valence-electron chi connectivity index (χ2n) is 6.73. The number of fused-ring (bicyclic) bond motifs is 2. The van der Waals surface area contributed by atoms with Crippen molar-refractivity contribution in [1.29, 1.82) is 0 Å². The van der Waals surface area contributed by atoms with E-state index in [0.717, 1.165) is 13.0 Å². The van der Waals surface area contributed by atoms with Gasteiger partial charge in [0.15, 0.2) is 0 Å². The summed E-state index contributed by atoms with van der Waals surface area (Å²) in [7, 11) is 2.12. The lowest BCUT2D eigenvalue weighted by Gasteiger charge is -2.42. The molecule has 1 N–H and O–H groups in total. The number of likely N-dealkylation sites (N-methyl/N-ethyl adjacent to an activating group) is 1. The largest absolute Gasteiger partial charge is 0.385 e. The molecule has 2 aliphatic rings. The molecule has 0 fully saturated rings. The molecule has 1 aromatic carbocycles. The van der Waals surface area contributed by atoms with Crippen LogP contribution in [0.5, 0.6) is 0 Å². The van der Waals surface area contributed by atoms with Crippen molar-refractivity contribution in [2.24, 2.45) is 0 Å². The summed E-state index contributed by atoms with van der Waals surface area (Å²) in [5, 5.41) is 11.9. The number of β-amino-alcohol motifs (C(OH)–C–C–N with tert-alkyl or cyclic N) is 1. The van der Waals surface area contributed by atoms with Crippen molar-refractivity contribution in [2.45, 2.75) is 38.5 Å². The number of aromatic nitrogens is 1. The molecule has 0 saturated carbocycles. The third-order valence-corrected chi connectivity index (χ3v) is 4.98. The van der Waals surface area contributed by atoms with Crippen LogP contribution >= 0.6 is 0 Å². The Hall–Kier alpha value is -1.58. The number of hydrogen-bond donors (Lipinski definition) is 1. The van der Waals surface area contributed by atoms with Crippen molar-refractivity contribution in [1.82, 2.24) is 9.47 Å². The lowest BCUT2D eigenvalue weighted by molar-refractivity contribution is 0.0543. The van der Waals surface area contributed by atoms with E-state index in [0.29, 0.717) is 12.6 Å². The molecule has 3 nitrogen and oxygen atoms in total. The number of aliphatic hydroxyl groups is 1. The van der Waals surface area contributed by atoms with Crippen molar-refractivity contribution < 1.29 is 5.11 Å². The number of aryl methyl sites for hydroxylation is 1. The highest BCUT2D eigenvalue weighted by Crippen LogP contribution is 2.42. The lowest BCUT2D eigenvalue weighted by Crippen LogP contribution is -2.49. The molecule has 4 rings (SSSR count). The van der Waals surface area contributed by atoms with Crippen LogP contribution in [-0.4, -0.2) is 39.8 Å². The van der Waals surface area contributed by atoms with E-state index in [4.69, 9.17) is 0 Å². The van der Waals surface area contributed by atoms with Crippen molar-refractivity contribution in [3.8, 4) is 0 Å². The Labute approximate surface area is 125 Å². The molecule has 2 atom stereocenters. The Bertz CT molecular complexity index is 754. The second kappa shape index (κ2) is 4.21. The molecule has 21 heavy (non-hydrogen) atoms. The van der Waals surface area contributed by atoms with Gasteiger partial charge in [0.25, 0.3) is 0 Å². The van der Waals surface area contributed by atoms with E-state index >= 15 is 0 Å². The lowest BCUT2D eigenvalue weighted by atomic mass is 9.79. The Morgan fingerprint density at radius 2 is 2.19 bits per heavy atom. The summed E-state index contributed by atoms with van der Waals surface area (Å²) in [6.45, 7) is 5.79. The number of hydrogen-bond acceptors (Lipinski definition) is 2. The monoisotopic (exact) mass is 282 g/mol. The molecular formula is C18H22N2O. The smallest absolute Gasteiger partial charge is 0.0932 e. The van der Waals surface area contributed by atoms with Crippen molar-refractivity contribution in [3.05, 3.63) is 41.6 Å². The first-order valence-electron chi connectivity index (χ1n) is 7.76. The topological polar surface area (TPSA) is 28.4 Å². The first-order valence-corrected chi connectivity index (χ1v) is 7.76. The molecule has 2 aromatic rings. The molecule has 2 heterocycles. The average molecular weight is 282 g/mol. The van der Waals surface area contributed by atoms with Crippen LogP contribution < -0.4 is 0 Å². The van der Waals surface area contributed by atoms with E-state index in [1.54, 1.807) is 0 Å². The quantitative estimate of drug-likeness (QED) is 0.871. The molecule has 1 aromatic heterocycles. The summed E-state index contributed by atoms with van der Waals surface area (Å²) in [6, 6.07) is 6.94. The molecule has 110 valence electrons. The Kier molecular flexibility index (Phi) is 2.63. The van der Waals surface area contributed by atoms with E-state index in [-0.39, 0.29) is 0 Å². The van der Waals surface area contributed by atoms with Gasteiger partial charge in [0.2, 0.25) is 0 Å². The zero-order chi connectivity index (χ0) is 14.8. The van der Waals surface area contributed by atoms with Gasteiger partial charge in [0.1, 0.15) is 0 Å². The molecule has 0 radical (unpaired) electrons. The van der Waals surface area contributed by atoms with Crippen molar-refractivity contribution >= 4 is 16.5 Å². The molecule has 2 unspecified atom stereocenters. The van der Waals surface area contributed by atoms with Gasteiger partial charge in [0, 0.05) is 36.2 Å². The van der Waals surface area contributed by atoms with Gasteiger partial charge in [-0.25, -0.2) is 0 Å². The summed E-state index contributed by atoms with van der Waals surface area (Å²) < 4.78 is 2.34. The fraction of sp³-hybridized carbons (Fsp3) is 0.444. The fourth-order valence-electron chi connectivity index (χ4n) is 4.16. The number of rotatable bonds is 1. The SMILES string of the molecule is CCn1cc2c3c(cccc31)C1=CC(C)(O)CN(C)C1C2. The highest BCUT2D eigenvalue weighted by Gasteiger charge is 2.37. The molecule has 1 aliphatic heterocycles. The Balaban J connectivity index is 2.02. The zero-order valence-corrected chi connectivity index (χ0v) is 12.9. The van der Waals surface area contributed by atoms with Crippen LogP contribution in [0.1, 0.15) is 25.0 Å². The Morgan fingerprint density at radius 1 is 1.38 bits per heavy atom. The highest BCUT2D eigenvalue weighted by atomic mass is 16.3. The van der Waals surface area contributed by atoms with E-state index in [2.05, 4.69) is 53.9 Å². The minimum atomic E-state index is -0.742. The normalized spacial score (nSPS) is 28.6. The van der Waals surface area contributed by atoms with Gasteiger partial charge in [-0.1, -0.05) is 12.1 Å². The van der Waals surface area contributed by atoms with Crippen LogP contribution in [0, 0.1) is 0 Å². The number of benzene rings is 1. The molecule has 0 bridgehead atoms. The maximum absolute atomic E-state index is 10.5. The van der Waals surface area contributed by atoms with Crippen LogP contribution in [0.2, 0.25) is 0 Å². The van der Waals surface area contributed by atoms with E-state index in [9.17, 15) is 5.11 Å². The third kappa shape index (κ3) is 1.81. The minimum Gasteiger partial charge on any atom is -0.385 e. The van der Waals surface area contributed by atoms with Gasteiger partial charge in [-0.3, -0.25) is 4.90 Å². The third-order valence-electron chi connectivity index (χ3n) is 4.98. The highest BCUT2D eigenvalue weighted by molar-refractivity contribution is 5.98. The summed E-state index contributed by atoms with van der Waals surface area (Å²) in [4.78, 5) is 2.29. The Morgan fingerprint density at radius 3 is 2.95 bits per heavy atom. The molecule has 0 saturated heterocycles. The predicted octanol–water partition coefficient (Wildman–Crippen LogP) is 2.67. The molecular weight excluding hydrogens is 260 g/mol. The summed E-state index contributed by atoms with van der Waals surface area (Å²) >= 11 is 0. The molecule has 0 spiro atoms. The second-order valence-corrected chi connectivity index (χ2v) is 6.73. The standard InChI is InChI=1S/C18H22N2O/c1-4-20-10-12-8-16-14(9-18(2,21)11-19(16)3)13-6-5-7-15(20)17(12)13/h5-7,9-10,16,21H,4,8,11H2,1-3H3. The van der Waals surface area contributed by atoms with E-state index in [1.807, 2.05) is 6.92 Å². The van der Waals surface area contributed by atoms with Gasteiger partial charge >= 0.3 is 0 Å². The summed E-state index contributed by atoms with van der Waals surface area (Å²) in [5.41, 5.74) is 4.61. The molecule has 0 amide bonds. The average Bonchev–Trinajstić information content (AvgIpc) is 2.79. The van der Waals surface area contributed by atoms with Crippen molar-refractivity contribution in [2.75, 3.05) is 13.6 Å². The summed E-state index contributed by atoms with van der Waals surface area (Å²) in [6.07, 6.45) is 5.43. The van der Waals surface area contributed by atoms with Crippen molar-refractivity contribution in [3.63, 3.8) is 0 Å². The van der Waals surface area contributed by atoms with Gasteiger partial charge in [-0.2, -0.15) is 0 Å². The summed E-state index contributed by atoms with van der Waals surface area (Å²) in [5.74, 6) is 0. The van der Waals surface area contributed by atoms with Gasteiger partial charge in [-0.15, -0.1) is 0 Å². The first-order chi connectivity index (χ1) is 10.00. The zero-order valence-electron chi connectivity index (χ0n) is 12.9. The fourth-order valence-corrected chi connectivity index (χ4v) is 4.16. The molecule has 1 aliphatic carbocycles. The van der Waals surface area contributed by atoms with Crippen LogP contribution in [0.4, 0.5) is 0 Å². The van der Waals surface area contributed by atoms with Crippen LogP contribution in [0.3, 0.4) is 0 Å². The maximum Gasteiger partial charge on any atom is 0.0932 e. The van der Waals surface area contributed by atoms with E-state index in [1.165, 1.54) is 27.6 Å². The minimum absolute atomic E-state index is 0.385. The number of nitrogens with zero attached hydrogens (tertiary/aromatic N) is 2. The van der Waals surface area contributed by atoms with Crippen LogP contribution in [0.25, 0.3) is 16.5 Å². The van der Waals surface area contributed by atoms with Gasteiger partial charge in [-0.05, 0) is 56.2 Å². The van der Waals surface area contributed by atoms with Crippen LogP contribution in [-0.2, 0) is 13.0 Å². The predicted molar refractivity (Wildman–Crippen MR) is 86.3 cm³/mol. The maximum atomic E-state index is 10.5. The first kappa shape index (κ1) is 13.1. The van der Waals surface area contributed by atoms with Crippen LogP contribution in [0.15, 0.2) is 30.5 Å². The van der Waals surface area contributed by atoms with Gasteiger partial charge in [0.05, 0.1) is 5.60 Å².